The van der Waals surface area contributed by atoms with Crippen LogP contribution in [-0.4, -0.2) is 24.9 Å². The van der Waals surface area contributed by atoms with Gasteiger partial charge in [0.1, 0.15) is 0 Å². The number of hydrogen-bond acceptors (Lipinski definition) is 1. The van der Waals surface area contributed by atoms with Gasteiger partial charge in [-0.3, -0.25) is 0 Å². The van der Waals surface area contributed by atoms with Gasteiger partial charge in [0.15, 0.2) is 0 Å². The van der Waals surface area contributed by atoms with Crippen LogP contribution in [0.4, 0.5) is 12.9 Å². The smallest absolute Gasteiger partial charge is 0.448 e. The lowest BCUT2D eigenvalue weighted by molar-refractivity contribution is 0.274. The highest BCUT2D eigenvalue weighted by Gasteiger charge is 2.27. The van der Waals surface area contributed by atoms with E-state index in [-0.39, 0.29) is 0 Å². The average molecular weight is 228 g/mol. The maximum absolute atomic E-state index is 12.4. The average Bonchev–Trinajstić information content (AvgIpc) is 2.36. The van der Waals surface area contributed by atoms with E-state index in [1.165, 1.54) is 10.5 Å². The van der Waals surface area contributed by atoms with Crippen LogP contribution in [-0.2, 0) is 13.0 Å². The molecule has 0 saturated heterocycles. The number of benzene rings is 1. The predicted octanol–water partition coefficient (Wildman–Crippen LogP) is 2.82. The second kappa shape index (κ2) is 4.49. The summed E-state index contributed by atoms with van der Waals surface area (Å²) in [6.45, 7) is -3.75. The fourth-order valence-corrected chi connectivity index (χ4v) is 2.22. The Bertz CT molecular complexity index is 364. The SMILES string of the molecule is F[B-](F)(F)CN1CCCc2ccccc2C1. The summed E-state index contributed by atoms with van der Waals surface area (Å²) in [5.74, 6) is 0. The van der Waals surface area contributed by atoms with E-state index in [1.54, 1.807) is 0 Å². The molecule has 1 aromatic carbocycles. The molecule has 1 aliphatic heterocycles. The predicted molar refractivity (Wildman–Crippen MR) is 59.1 cm³/mol. The van der Waals surface area contributed by atoms with Gasteiger partial charge in [-0.1, -0.05) is 24.3 Å². The van der Waals surface area contributed by atoms with Crippen LogP contribution >= 0.6 is 0 Å². The molecule has 0 saturated carbocycles. The highest BCUT2D eigenvalue weighted by Crippen LogP contribution is 2.20. The van der Waals surface area contributed by atoms with Crippen LogP contribution in [0.2, 0.25) is 0 Å². The van der Waals surface area contributed by atoms with Crippen LogP contribution in [0.5, 0.6) is 0 Å². The van der Waals surface area contributed by atoms with Gasteiger partial charge in [-0.25, -0.2) is 0 Å². The number of fused-ring (bicyclic) bond motifs is 1. The number of halogens is 3. The van der Waals surface area contributed by atoms with E-state index in [0.29, 0.717) is 13.1 Å². The van der Waals surface area contributed by atoms with Crippen LogP contribution in [0.1, 0.15) is 17.5 Å². The largest absolute Gasteiger partial charge is 0.492 e. The monoisotopic (exact) mass is 228 g/mol. The minimum atomic E-state index is -4.71. The van der Waals surface area contributed by atoms with Gasteiger partial charge < -0.3 is 17.8 Å². The van der Waals surface area contributed by atoms with Crippen molar-refractivity contribution in [1.29, 1.82) is 0 Å². The number of nitrogens with zero attached hydrogens (tertiary/aromatic N) is 1. The highest BCUT2D eigenvalue weighted by atomic mass is 19.4. The molecule has 2 rings (SSSR count). The summed E-state index contributed by atoms with van der Waals surface area (Å²) in [7, 11) is 0. The summed E-state index contributed by atoms with van der Waals surface area (Å²) in [5, 5.41) is 0. The van der Waals surface area contributed by atoms with Gasteiger partial charge in [0.2, 0.25) is 0 Å². The molecular weight excluding hydrogens is 214 g/mol. The molecule has 0 radical (unpaired) electrons. The van der Waals surface area contributed by atoms with Crippen molar-refractivity contribution in [2.45, 2.75) is 19.4 Å². The molecule has 0 bridgehead atoms. The van der Waals surface area contributed by atoms with E-state index in [2.05, 4.69) is 0 Å². The van der Waals surface area contributed by atoms with Crippen LogP contribution in [0.15, 0.2) is 24.3 Å². The first-order chi connectivity index (χ1) is 7.54. The summed E-state index contributed by atoms with van der Waals surface area (Å²) in [5.41, 5.74) is 2.24. The molecule has 0 amide bonds. The third-order valence-corrected chi connectivity index (χ3v) is 2.90. The van der Waals surface area contributed by atoms with Crippen molar-refractivity contribution in [3.05, 3.63) is 35.4 Å². The molecule has 1 aliphatic rings. The molecule has 1 aromatic rings. The first-order valence-electron chi connectivity index (χ1n) is 5.55. The minimum Gasteiger partial charge on any atom is -0.448 e. The molecule has 0 atom stereocenters. The van der Waals surface area contributed by atoms with Gasteiger partial charge >= 0.3 is 6.98 Å². The molecule has 1 heterocycles. The van der Waals surface area contributed by atoms with Crippen LogP contribution in [0.3, 0.4) is 0 Å². The van der Waals surface area contributed by atoms with Crippen molar-refractivity contribution in [3.8, 4) is 0 Å². The van der Waals surface area contributed by atoms with E-state index in [0.717, 1.165) is 18.4 Å². The molecule has 0 N–H and O–H groups in total. The second-order valence-electron chi connectivity index (χ2n) is 4.32. The molecule has 0 aliphatic carbocycles. The van der Waals surface area contributed by atoms with E-state index >= 15 is 0 Å². The Balaban J connectivity index is 2.11. The molecule has 88 valence electrons. The van der Waals surface area contributed by atoms with E-state index in [1.807, 2.05) is 24.3 Å². The zero-order valence-electron chi connectivity index (χ0n) is 9.00. The molecular formula is C11H14BF3N-. The summed E-state index contributed by atoms with van der Waals surface area (Å²) in [6, 6.07) is 7.78. The number of rotatable bonds is 2. The molecule has 5 heteroatoms. The maximum atomic E-state index is 12.4. The third-order valence-electron chi connectivity index (χ3n) is 2.90. The zero-order chi connectivity index (χ0) is 11.6. The molecule has 0 spiro atoms. The Morgan fingerprint density at radius 3 is 2.50 bits per heavy atom. The molecule has 0 unspecified atom stereocenters. The van der Waals surface area contributed by atoms with Crippen molar-refractivity contribution in [3.63, 3.8) is 0 Å². The van der Waals surface area contributed by atoms with Gasteiger partial charge in [-0.15, -0.1) is 0 Å². The summed E-state index contributed by atoms with van der Waals surface area (Å²) in [4.78, 5) is 1.51. The van der Waals surface area contributed by atoms with Crippen molar-refractivity contribution < 1.29 is 12.9 Å². The molecule has 0 aromatic heterocycles. The van der Waals surface area contributed by atoms with Crippen LogP contribution in [0, 0.1) is 0 Å². The fourth-order valence-electron chi connectivity index (χ4n) is 2.22. The molecule has 0 fully saturated rings. The van der Waals surface area contributed by atoms with Crippen molar-refractivity contribution in [2.75, 3.05) is 13.0 Å². The van der Waals surface area contributed by atoms with Crippen LogP contribution < -0.4 is 0 Å². The Morgan fingerprint density at radius 2 is 1.81 bits per heavy atom. The van der Waals surface area contributed by atoms with Gasteiger partial charge in [-0.05, 0) is 37.0 Å². The Kier molecular flexibility index (Phi) is 3.24. The minimum absolute atomic E-state index is 0.428. The fraction of sp³-hybridized carbons (Fsp3) is 0.455. The first kappa shape index (κ1) is 11.5. The second-order valence-corrected chi connectivity index (χ2v) is 4.32. The van der Waals surface area contributed by atoms with Crippen molar-refractivity contribution >= 4 is 6.98 Å². The van der Waals surface area contributed by atoms with Crippen molar-refractivity contribution in [2.24, 2.45) is 0 Å². The lowest BCUT2D eigenvalue weighted by atomic mass is 9.91. The van der Waals surface area contributed by atoms with Gasteiger partial charge in [0.25, 0.3) is 0 Å². The quantitative estimate of drug-likeness (QED) is 0.703. The van der Waals surface area contributed by atoms with E-state index < -0.39 is 13.4 Å². The van der Waals surface area contributed by atoms with E-state index in [4.69, 9.17) is 0 Å². The molecule has 16 heavy (non-hydrogen) atoms. The topological polar surface area (TPSA) is 3.24 Å². The third kappa shape index (κ3) is 3.01. The summed E-state index contributed by atoms with van der Waals surface area (Å²) < 4.78 is 37.1. The Labute approximate surface area is 93.3 Å². The summed E-state index contributed by atoms with van der Waals surface area (Å²) >= 11 is 0. The van der Waals surface area contributed by atoms with Crippen molar-refractivity contribution in [1.82, 2.24) is 4.90 Å². The standard InChI is InChI=1S/C11H14BF3N/c13-12(14,15)9-16-7-3-6-10-4-1-2-5-11(10)8-16/h1-2,4-5H,3,6-9H2/q-1. The maximum Gasteiger partial charge on any atom is 0.492 e. The zero-order valence-corrected chi connectivity index (χ0v) is 9.00. The van der Waals surface area contributed by atoms with Gasteiger partial charge in [0, 0.05) is 6.54 Å². The number of hydrogen-bond donors (Lipinski definition) is 0. The van der Waals surface area contributed by atoms with Gasteiger partial charge in [0.05, 0.1) is 0 Å². The Morgan fingerprint density at radius 1 is 1.12 bits per heavy atom. The van der Waals surface area contributed by atoms with E-state index in [9.17, 15) is 12.9 Å². The lowest BCUT2D eigenvalue weighted by Crippen LogP contribution is -2.37. The lowest BCUT2D eigenvalue weighted by Gasteiger charge is -2.26. The summed E-state index contributed by atoms with van der Waals surface area (Å²) in [6.07, 6.45) is 0.953. The normalized spacial score (nSPS) is 17.9. The van der Waals surface area contributed by atoms with Gasteiger partial charge in [-0.2, -0.15) is 0 Å². The first-order valence-corrected chi connectivity index (χ1v) is 5.55. The molecule has 1 nitrogen and oxygen atoms in total. The Hall–Kier alpha value is -0.965. The number of aryl methyl sites for hydroxylation is 1. The van der Waals surface area contributed by atoms with Crippen LogP contribution in [0.25, 0.3) is 0 Å². The highest BCUT2D eigenvalue weighted by molar-refractivity contribution is 6.58.